The van der Waals surface area contributed by atoms with Crippen LogP contribution in [0.2, 0.25) is 0 Å². The molecule has 1 N–H and O–H groups in total. The quantitative estimate of drug-likeness (QED) is 0.855. The fourth-order valence-electron chi connectivity index (χ4n) is 1.95. The second-order valence-corrected chi connectivity index (χ2v) is 4.72. The molecule has 2 aromatic rings. The molecule has 0 heterocycles. The average Bonchev–Trinajstić information content (AvgIpc) is 2.54. The Balaban J connectivity index is 1.81. The Hall–Kier alpha value is -2.40. The molecule has 0 aliphatic heterocycles. The van der Waals surface area contributed by atoms with E-state index in [1.54, 1.807) is 7.11 Å². The van der Waals surface area contributed by atoms with E-state index in [0.717, 1.165) is 11.1 Å². The average molecular weight is 303 g/mol. The van der Waals surface area contributed by atoms with Crippen LogP contribution in [0, 0.1) is 5.82 Å². The summed E-state index contributed by atoms with van der Waals surface area (Å²) in [5.41, 5.74) is 2.03. The normalized spacial score (nSPS) is 10.3. The molecule has 0 bridgehead atoms. The molecule has 116 valence electrons. The summed E-state index contributed by atoms with van der Waals surface area (Å²) in [7, 11) is 1.63. The highest BCUT2D eigenvalue weighted by atomic mass is 19.1. The Morgan fingerprint density at radius 3 is 2.45 bits per heavy atom. The predicted molar refractivity (Wildman–Crippen MR) is 80.9 cm³/mol. The molecule has 0 unspecified atom stereocenters. The molecule has 0 radical (unpaired) electrons. The summed E-state index contributed by atoms with van der Waals surface area (Å²) in [4.78, 5) is 11.8. The maximum Gasteiger partial charge on any atom is 0.258 e. The lowest BCUT2D eigenvalue weighted by Gasteiger charge is -2.10. The fraction of sp³-hybridized carbons (Fsp3) is 0.235. The molecule has 0 fully saturated rings. The molecule has 0 atom stereocenters. The summed E-state index contributed by atoms with van der Waals surface area (Å²) < 4.78 is 23.2. The van der Waals surface area contributed by atoms with Crippen LogP contribution in [-0.4, -0.2) is 19.6 Å². The summed E-state index contributed by atoms with van der Waals surface area (Å²) in [6, 6.07) is 13.3. The van der Waals surface area contributed by atoms with Crippen LogP contribution in [0.4, 0.5) is 4.39 Å². The summed E-state index contributed by atoms with van der Waals surface area (Å²) in [5.74, 6) is -0.126. The molecule has 0 saturated carbocycles. The summed E-state index contributed by atoms with van der Waals surface area (Å²) in [5, 5.41) is 2.79. The maximum absolute atomic E-state index is 12.7. The number of methoxy groups -OCH3 is 1. The SMILES string of the molecule is COCc1ccccc1CNC(=O)COc1ccc(F)cc1. The number of halogens is 1. The van der Waals surface area contributed by atoms with E-state index in [4.69, 9.17) is 9.47 Å². The minimum absolute atomic E-state index is 0.113. The van der Waals surface area contributed by atoms with Crippen molar-refractivity contribution in [1.29, 1.82) is 0 Å². The topological polar surface area (TPSA) is 47.6 Å². The molecule has 0 aliphatic rings. The number of ether oxygens (including phenoxy) is 2. The lowest BCUT2D eigenvalue weighted by Crippen LogP contribution is -2.28. The van der Waals surface area contributed by atoms with Gasteiger partial charge in [-0.15, -0.1) is 0 Å². The van der Waals surface area contributed by atoms with Crippen molar-refractivity contribution in [3.05, 3.63) is 65.5 Å². The number of hydrogen-bond acceptors (Lipinski definition) is 3. The molecule has 4 nitrogen and oxygen atoms in total. The van der Waals surface area contributed by atoms with Gasteiger partial charge in [0.15, 0.2) is 6.61 Å². The first-order chi connectivity index (χ1) is 10.7. The van der Waals surface area contributed by atoms with Crippen LogP contribution in [0.1, 0.15) is 11.1 Å². The molecule has 5 heteroatoms. The highest BCUT2D eigenvalue weighted by molar-refractivity contribution is 5.77. The van der Waals surface area contributed by atoms with Crippen LogP contribution in [0.25, 0.3) is 0 Å². The van der Waals surface area contributed by atoms with Gasteiger partial charge in [-0.25, -0.2) is 4.39 Å². The third-order valence-electron chi connectivity index (χ3n) is 3.08. The number of amides is 1. The van der Waals surface area contributed by atoms with E-state index in [2.05, 4.69) is 5.32 Å². The van der Waals surface area contributed by atoms with Crippen LogP contribution in [0.3, 0.4) is 0 Å². The van der Waals surface area contributed by atoms with Crippen molar-refractivity contribution in [2.24, 2.45) is 0 Å². The van der Waals surface area contributed by atoms with E-state index in [9.17, 15) is 9.18 Å². The third-order valence-corrected chi connectivity index (χ3v) is 3.08. The van der Waals surface area contributed by atoms with E-state index < -0.39 is 0 Å². The van der Waals surface area contributed by atoms with Gasteiger partial charge in [0.05, 0.1) is 6.61 Å². The second-order valence-electron chi connectivity index (χ2n) is 4.72. The van der Waals surface area contributed by atoms with Crippen molar-refractivity contribution in [3.8, 4) is 5.75 Å². The zero-order chi connectivity index (χ0) is 15.8. The van der Waals surface area contributed by atoms with Gasteiger partial charge in [0.1, 0.15) is 11.6 Å². The largest absolute Gasteiger partial charge is 0.484 e. The van der Waals surface area contributed by atoms with Gasteiger partial charge in [0, 0.05) is 13.7 Å². The van der Waals surface area contributed by atoms with Gasteiger partial charge in [-0.2, -0.15) is 0 Å². The molecule has 0 aromatic heterocycles. The van der Waals surface area contributed by atoms with Gasteiger partial charge < -0.3 is 14.8 Å². The highest BCUT2D eigenvalue weighted by Crippen LogP contribution is 2.11. The number of carbonyl (C=O) groups excluding carboxylic acids is 1. The van der Waals surface area contributed by atoms with Crippen LogP contribution in [0.5, 0.6) is 5.75 Å². The van der Waals surface area contributed by atoms with Crippen LogP contribution < -0.4 is 10.1 Å². The van der Waals surface area contributed by atoms with Crippen molar-refractivity contribution < 1.29 is 18.7 Å². The number of benzene rings is 2. The monoisotopic (exact) mass is 303 g/mol. The molecule has 0 spiro atoms. The second kappa shape index (κ2) is 8.14. The molecular formula is C17H18FNO3. The Kier molecular flexibility index (Phi) is 5.91. The molecular weight excluding hydrogens is 285 g/mol. The molecule has 2 rings (SSSR count). The van der Waals surface area contributed by atoms with Crippen LogP contribution in [0.15, 0.2) is 48.5 Å². The van der Waals surface area contributed by atoms with Crippen LogP contribution in [-0.2, 0) is 22.7 Å². The highest BCUT2D eigenvalue weighted by Gasteiger charge is 2.06. The Bertz CT molecular complexity index is 614. The first-order valence-corrected chi connectivity index (χ1v) is 6.90. The van der Waals surface area contributed by atoms with Gasteiger partial charge in [-0.1, -0.05) is 24.3 Å². The minimum Gasteiger partial charge on any atom is -0.484 e. The number of carbonyl (C=O) groups is 1. The molecule has 1 amide bonds. The Morgan fingerprint density at radius 2 is 1.77 bits per heavy atom. The number of hydrogen-bond donors (Lipinski definition) is 1. The maximum atomic E-state index is 12.7. The van der Waals surface area contributed by atoms with Crippen molar-refractivity contribution in [3.63, 3.8) is 0 Å². The van der Waals surface area contributed by atoms with Crippen LogP contribution >= 0.6 is 0 Å². The predicted octanol–water partition coefficient (Wildman–Crippen LogP) is 2.67. The van der Waals surface area contributed by atoms with E-state index in [-0.39, 0.29) is 18.3 Å². The van der Waals surface area contributed by atoms with Gasteiger partial charge in [0.25, 0.3) is 5.91 Å². The van der Waals surface area contributed by atoms with Gasteiger partial charge in [-0.3, -0.25) is 4.79 Å². The number of rotatable bonds is 7. The minimum atomic E-state index is -0.341. The standard InChI is InChI=1S/C17H18FNO3/c1-21-11-14-5-3-2-4-13(14)10-19-17(20)12-22-16-8-6-15(18)7-9-16/h2-9H,10-12H2,1H3,(H,19,20). The van der Waals surface area contributed by atoms with Crippen molar-refractivity contribution in [1.82, 2.24) is 5.32 Å². The summed E-state index contributed by atoms with van der Waals surface area (Å²) >= 11 is 0. The first-order valence-electron chi connectivity index (χ1n) is 6.90. The Morgan fingerprint density at radius 1 is 1.09 bits per heavy atom. The third kappa shape index (κ3) is 4.86. The van der Waals surface area contributed by atoms with Crippen molar-refractivity contribution in [2.75, 3.05) is 13.7 Å². The van der Waals surface area contributed by atoms with Gasteiger partial charge >= 0.3 is 0 Å². The smallest absolute Gasteiger partial charge is 0.258 e. The van der Waals surface area contributed by atoms with Crippen molar-refractivity contribution >= 4 is 5.91 Å². The van der Waals surface area contributed by atoms with Gasteiger partial charge in [-0.05, 0) is 35.4 Å². The number of nitrogens with one attached hydrogen (secondary N) is 1. The first kappa shape index (κ1) is 16.0. The lowest BCUT2D eigenvalue weighted by atomic mass is 10.1. The molecule has 2 aromatic carbocycles. The molecule has 0 aliphatic carbocycles. The summed E-state index contributed by atoms with van der Waals surface area (Å²) in [6.45, 7) is 0.793. The lowest BCUT2D eigenvalue weighted by molar-refractivity contribution is -0.123. The van der Waals surface area contributed by atoms with Gasteiger partial charge in [0.2, 0.25) is 0 Å². The zero-order valence-electron chi connectivity index (χ0n) is 12.3. The van der Waals surface area contributed by atoms with Crippen molar-refractivity contribution in [2.45, 2.75) is 13.2 Å². The zero-order valence-corrected chi connectivity index (χ0v) is 12.3. The molecule has 22 heavy (non-hydrogen) atoms. The van der Waals surface area contributed by atoms with E-state index >= 15 is 0 Å². The van der Waals surface area contributed by atoms with E-state index in [1.807, 2.05) is 24.3 Å². The molecule has 0 saturated heterocycles. The van der Waals surface area contributed by atoms with E-state index in [1.165, 1.54) is 24.3 Å². The fourth-order valence-corrected chi connectivity index (χ4v) is 1.95. The van der Waals surface area contributed by atoms with E-state index in [0.29, 0.717) is 18.9 Å². The summed E-state index contributed by atoms with van der Waals surface area (Å²) in [6.07, 6.45) is 0. The Labute approximate surface area is 128 Å².